The fourth-order valence-electron chi connectivity index (χ4n) is 6.35. The molecule has 0 saturated carbocycles. The highest BCUT2D eigenvalue weighted by atomic mass is 14.7. The molecule has 2 aromatic rings. The Morgan fingerprint density at radius 1 is 0.963 bits per heavy atom. The van der Waals surface area contributed by atoms with Gasteiger partial charge in [-0.25, -0.2) is 0 Å². The number of fused-ring (bicyclic) bond motifs is 9. The third-order valence-electron chi connectivity index (χ3n) is 7.32. The van der Waals surface area contributed by atoms with Crippen LogP contribution in [0.25, 0.3) is 5.57 Å². The molecule has 0 saturated heterocycles. The molecule has 2 N–H and O–H groups in total. The standard InChI is InChI=1S/C26H23N/c1-25-16-7-6-15-23(25)26(20-12-5-4-11-19(20)25)18-10-3-2-9-17(18)24-21(26)13-8-14-22(24)27/h3-8,10-16,23H,2,9,27H2,1H3. The first kappa shape index (κ1) is 15.3. The number of rotatable bonds is 0. The monoisotopic (exact) mass is 349 g/mol. The average Bonchev–Trinajstić information content (AvgIpc) is 3.13. The third kappa shape index (κ3) is 1.58. The molecule has 27 heavy (non-hydrogen) atoms. The van der Waals surface area contributed by atoms with Crippen LogP contribution >= 0.6 is 0 Å². The summed E-state index contributed by atoms with van der Waals surface area (Å²) in [6, 6.07) is 15.6. The maximum Gasteiger partial charge on any atom is 0.0537 e. The molecule has 0 heterocycles. The third-order valence-corrected chi connectivity index (χ3v) is 7.32. The Morgan fingerprint density at radius 3 is 2.67 bits per heavy atom. The highest BCUT2D eigenvalue weighted by molar-refractivity contribution is 5.92. The predicted octanol–water partition coefficient (Wildman–Crippen LogP) is 5.69. The van der Waals surface area contributed by atoms with Crippen molar-refractivity contribution in [2.24, 2.45) is 5.92 Å². The van der Waals surface area contributed by atoms with E-state index in [1.165, 1.54) is 33.4 Å². The fourth-order valence-corrected chi connectivity index (χ4v) is 6.35. The SMILES string of the molecule is CC12C=CC=CC1C1(C3=C(CCC=C3)c3c(N)cccc31)c1ccccc12. The van der Waals surface area contributed by atoms with E-state index in [0.717, 1.165) is 18.5 Å². The Labute approximate surface area is 160 Å². The van der Waals surface area contributed by atoms with Gasteiger partial charge in [0, 0.05) is 22.6 Å². The maximum absolute atomic E-state index is 6.56. The number of nitrogen functional groups attached to an aromatic ring is 1. The van der Waals surface area contributed by atoms with Crippen LogP contribution in [0.2, 0.25) is 0 Å². The molecule has 0 bridgehead atoms. The number of benzene rings is 2. The van der Waals surface area contributed by atoms with Gasteiger partial charge in [0.05, 0.1) is 5.41 Å². The minimum absolute atomic E-state index is 0.000946. The number of nitrogens with two attached hydrogens (primary N) is 1. The van der Waals surface area contributed by atoms with Gasteiger partial charge in [-0.15, -0.1) is 0 Å². The van der Waals surface area contributed by atoms with Gasteiger partial charge in [-0.3, -0.25) is 0 Å². The zero-order valence-corrected chi connectivity index (χ0v) is 15.6. The van der Waals surface area contributed by atoms with E-state index in [4.69, 9.17) is 5.73 Å². The Morgan fingerprint density at radius 2 is 1.78 bits per heavy atom. The van der Waals surface area contributed by atoms with E-state index in [9.17, 15) is 0 Å². The predicted molar refractivity (Wildman–Crippen MR) is 112 cm³/mol. The maximum atomic E-state index is 6.56. The Balaban J connectivity index is 1.81. The Bertz CT molecular complexity index is 1110. The lowest BCUT2D eigenvalue weighted by molar-refractivity contribution is 0.369. The van der Waals surface area contributed by atoms with E-state index in [1.54, 1.807) is 0 Å². The summed E-state index contributed by atoms with van der Waals surface area (Å²) < 4.78 is 0. The summed E-state index contributed by atoms with van der Waals surface area (Å²) in [7, 11) is 0. The fraction of sp³-hybridized carbons (Fsp3) is 0.231. The summed E-state index contributed by atoms with van der Waals surface area (Å²) in [5.74, 6) is 0.364. The van der Waals surface area contributed by atoms with Crippen LogP contribution < -0.4 is 5.73 Å². The minimum Gasteiger partial charge on any atom is -0.398 e. The second-order valence-electron chi connectivity index (χ2n) is 8.46. The van der Waals surface area contributed by atoms with Crippen molar-refractivity contribution in [2.45, 2.75) is 30.6 Å². The van der Waals surface area contributed by atoms with Crippen LogP contribution in [0.5, 0.6) is 0 Å². The first-order chi connectivity index (χ1) is 13.2. The van der Waals surface area contributed by atoms with Gasteiger partial charge >= 0.3 is 0 Å². The van der Waals surface area contributed by atoms with Crippen LogP contribution in [0.15, 0.2) is 84.5 Å². The molecule has 1 heteroatoms. The average molecular weight is 349 g/mol. The summed E-state index contributed by atoms with van der Waals surface area (Å²) in [6.45, 7) is 2.41. The van der Waals surface area contributed by atoms with E-state index in [0.29, 0.717) is 5.92 Å². The number of hydrogen-bond acceptors (Lipinski definition) is 1. The van der Waals surface area contributed by atoms with Crippen molar-refractivity contribution in [3.05, 3.63) is 107 Å². The molecule has 4 aliphatic rings. The van der Waals surface area contributed by atoms with Crippen LogP contribution in [0.3, 0.4) is 0 Å². The molecule has 0 aliphatic heterocycles. The van der Waals surface area contributed by atoms with Crippen molar-refractivity contribution in [3.63, 3.8) is 0 Å². The van der Waals surface area contributed by atoms with Gasteiger partial charge in [0.2, 0.25) is 0 Å². The number of hydrogen-bond donors (Lipinski definition) is 1. The van der Waals surface area contributed by atoms with Gasteiger partial charge in [0.15, 0.2) is 0 Å². The van der Waals surface area contributed by atoms with E-state index < -0.39 is 0 Å². The first-order valence-electron chi connectivity index (χ1n) is 9.94. The molecule has 1 nitrogen and oxygen atoms in total. The topological polar surface area (TPSA) is 26.0 Å². The first-order valence-corrected chi connectivity index (χ1v) is 9.94. The molecule has 1 spiro atoms. The lowest BCUT2D eigenvalue weighted by atomic mass is 9.61. The van der Waals surface area contributed by atoms with Gasteiger partial charge in [0.1, 0.15) is 0 Å². The van der Waals surface area contributed by atoms with Crippen LogP contribution in [-0.4, -0.2) is 0 Å². The van der Waals surface area contributed by atoms with Crippen LogP contribution in [0.4, 0.5) is 5.69 Å². The number of anilines is 1. The van der Waals surface area contributed by atoms with E-state index in [2.05, 4.69) is 85.8 Å². The van der Waals surface area contributed by atoms with Crippen molar-refractivity contribution < 1.29 is 0 Å². The molecule has 0 amide bonds. The van der Waals surface area contributed by atoms with Crippen molar-refractivity contribution >= 4 is 11.3 Å². The lowest BCUT2D eigenvalue weighted by Crippen LogP contribution is -2.39. The summed E-state index contributed by atoms with van der Waals surface area (Å²) in [6.07, 6.45) is 16.2. The zero-order chi connectivity index (χ0) is 18.2. The van der Waals surface area contributed by atoms with E-state index >= 15 is 0 Å². The van der Waals surface area contributed by atoms with E-state index in [1.807, 2.05) is 0 Å². The second-order valence-corrected chi connectivity index (χ2v) is 8.46. The molecule has 0 radical (unpaired) electrons. The molecule has 3 unspecified atom stereocenters. The molecule has 3 atom stereocenters. The highest BCUT2D eigenvalue weighted by Crippen LogP contribution is 2.67. The quantitative estimate of drug-likeness (QED) is 0.608. The summed E-state index contributed by atoms with van der Waals surface area (Å²) in [4.78, 5) is 0. The molecular weight excluding hydrogens is 326 g/mol. The molecule has 0 fully saturated rings. The van der Waals surface area contributed by atoms with Gasteiger partial charge in [-0.2, -0.15) is 0 Å². The number of allylic oxidation sites excluding steroid dienone is 8. The second kappa shape index (κ2) is 4.92. The Kier molecular flexibility index (Phi) is 2.78. The van der Waals surface area contributed by atoms with Crippen LogP contribution in [-0.2, 0) is 10.8 Å². The minimum atomic E-state index is -0.135. The smallest absolute Gasteiger partial charge is 0.0537 e. The van der Waals surface area contributed by atoms with E-state index in [-0.39, 0.29) is 10.8 Å². The van der Waals surface area contributed by atoms with Gasteiger partial charge in [0.25, 0.3) is 0 Å². The van der Waals surface area contributed by atoms with Crippen LogP contribution in [0.1, 0.15) is 42.0 Å². The highest BCUT2D eigenvalue weighted by Gasteiger charge is 2.61. The van der Waals surface area contributed by atoms with Crippen molar-refractivity contribution in [2.75, 3.05) is 5.73 Å². The summed E-state index contributed by atoms with van der Waals surface area (Å²) in [5.41, 5.74) is 15.9. The Hall–Kier alpha value is -2.80. The molecule has 6 rings (SSSR count). The molecule has 2 aromatic carbocycles. The normalized spacial score (nSPS) is 31.8. The molecule has 4 aliphatic carbocycles. The van der Waals surface area contributed by atoms with Gasteiger partial charge < -0.3 is 5.73 Å². The summed E-state index contributed by atoms with van der Waals surface area (Å²) >= 11 is 0. The molecular formula is C26H23N. The molecule has 0 aromatic heterocycles. The van der Waals surface area contributed by atoms with Crippen molar-refractivity contribution in [1.29, 1.82) is 0 Å². The zero-order valence-electron chi connectivity index (χ0n) is 15.6. The van der Waals surface area contributed by atoms with Crippen molar-refractivity contribution in [1.82, 2.24) is 0 Å². The van der Waals surface area contributed by atoms with Gasteiger partial charge in [-0.1, -0.05) is 79.8 Å². The summed E-state index contributed by atoms with van der Waals surface area (Å²) in [5, 5.41) is 0. The molecule has 132 valence electrons. The van der Waals surface area contributed by atoms with Gasteiger partial charge in [-0.05, 0) is 46.7 Å². The lowest BCUT2D eigenvalue weighted by Gasteiger charge is -2.41. The largest absolute Gasteiger partial charge is 0.398 e. The van der Waals surface area contributed by atoms with Crippen molar-refractivity contribution in [3.8, 4) is 0 Å². The van der Waals surface area contributed by atoms with Crippen LogP contribution in [0, 0.1) is 5.92 Å².